The van der Waals surface area contributed by atoms with E-state index in [1.54, 1.807) is 0 Å². The summed E-state index contributed by atoms with van der Waals surface area (Å²) >= 11 is 0. The lowest BCUT2D eigenvalue weighted by Gasteiger charge is -2.10. The third kappa shape index (κ3) is 3.20. The second-order valence-electron chi connectivity index (χ2n) is 4.21. The number of rotatable bonds is 4. The summed E-state index contributed by atoms with van der Waals surface area (Å²) in [6.07, 6.45) is 0. The number of H-pyrrole nitrogens is 1. The van der Waals surface area contributed by atoms with Gasteiger partial charge in [-0.2, -0.15) is 0 Å². The molecule has 0 aliphatic rings. The van der Waals surface area contributed by atoms with Crippen LogP contribution < -0.4 is 15.6 Å². The Hall–Kier alpha value is -3.36. The molecule has 0 bridgehead atoms. The van der Waals surface area contributed by atoms with Crippen LogP contribution in [0, 0.1) is 10.1 Å². The van der Waals surface area contributed by atoms with Crippen molar-refractivity contribution in [3.05, 3.63) is 56.4 Å². The molecule has 0 fully saturated rings. The van der Waals surface area contributed by atoms with Crippen LogP contribution in [0.15, 0.2) is 35.1 Å². The number of ether oxygens (including phenoxy) is 1. The van der Waals surface area contributed by atoms with Crippen molar-refractivity contribution >= 4 is 17.3 Å². The molecule has 9 heteroatoms. The molecule has 1 amide bonds. The van der Waals surface area contributed by atoms with E-state index in [0.717, 1.165) is 18.2 Å². The number of nitrogens with one attached hydrogen (secondary N) is 2. The second kappa shape index (κ2) is 5.95. The molecule has 0 aliphatic carbocycles. The summed E-state index contributed by atoms with van der Waals surface area (Å²) in [5.41, 5.74) is -0.919. The molecule has 3 N–H and O–H groups in total. The highest BCUT2D eigenvalue weighted by Crippen LogP contribution is 2.29. The normalized spacial score (nSPS) is 10.0. The molecule has 114 valence electrons. The molecule has 2 rings (SSSR count). The fraction of sp³-hybridized carbons (Fsp3) is 0.0769. The van der Waals surface area contributed by atoms with Crippen LogP contribution in [0.2, 0.25) is 0 Å². The van der Waals surface area contributed by atoms with Gasteiger partial charge in [-0.1, -0.05) is 0 Å². The average Bonchev–Trinajstić information content (AvgIpc) is 2.46. The lowest BCUT2D eigenvalue weighted by Crippen LogP contribution is -2.16. The van der Waals surface area contributed by atoms with Gasteiger partial charge in [-0.25, -0.2) is 0 Å². The summed E-state index contributed by atoms with van der Waals surface area (Å²) < 4.78 is 5.01. The number of hydrogen-bond acceptors (Lipinski definition) is 6. The van der Waals surface area contributed by atoms with E-state index < -0.39 is 22.3 Å². The number of methoxy groups -OCH3 is 1. The molecule has 0 radical (unpaired) electrons. The Balaban J connectivity index is 2.36. The van der Waals surface area contributed by atoms with Gasteiger partial charge in [0.2, 0.25) is 0 Å². The third-order valence-electron chi connectivity index (χ3n) is 2.73. The highest BCUT2D eigenvalue weighted by Gasteiger charge is 2.15. The summed E-state index contributed by atoms with van der Waals surface area (Å²) in [6.45, 7) is 0. The zero-order valence-electron chi connectivity index (χ0n) is 11.3. The SMILES string of the molecule is COc1ccc([N+](=O)[O-])cc1NC(=O)c1cc(O)[nH]c(=O)c1. The number of aromatic nitrogens is 1. The van der Waals surface area contributed by atoms with Gasteiger partial charge >= 0.3 is 0 Å². The number of aromatic amines is 1. The molecular formula is C13H11N3O6. The summed E-state index contributed by atoms with van der Waals surface area (Å²) in [7, 11) is 1.34. The predicted octanol–water partition coefficient (Wildman–Crippen LogP) is 1.25. The monoisotopic (exact) mass is 305 g/mol. The minimum absolute atomic E-state index is 0.0708. The molecule has 0 aliphatic heterocycles. The second-order valence-corrected chi connectivity index (χ2v) is 4.21. The maximum Gasteiger partial charge on any atom is 0.271 e. The number of hydrogen-bond donors (Lipinski definition) is 3. The molecule has 1 heterocycles. The smallest absolute Gasteiger partial charge is 0.271 e. The molecule has 0 spiro atoms. The van der Waals surface area contributed by atoms with Gasteiger partial charge in [-0.15, -0.1) is 0 Å². The van der Waals surface area contributed by atoms with Crippen LogP contribution in [-0.2, 0) is 0 Å². The molecule has 9 nitrogen and oxygen atoms in total. The topological polar surface area (TPSA) is 135 Å². The van der Waals surface area contributed by atoms with Gasteiger partial charge in [0.25, 0.3) is 17.2 Å². The number of benzene rings is 1. The van der Waals surface area contributed by atoms with Crippen LogP contribution in [0.4, 0.5) is 11.4 Å². The van der Waals surface area contributed by atoms with E-state index in [4.69, 9.17) is 4.74 Å². The van der Waals surface area contributed by atoms with Crippen molar-refractivity contribution < 1.29 is 19.6 Å². The third-order valence-corrected chi connectivity index (χ3v) is 2.73. The maximum absolute atomic E-state index is 12.1. The lowest BCUT2D eigenvalue weighted by atomic mass is 10.2. The van der Waals surface area contributed by atoms with E-state index in [1.165, 1.54) is 19.2 Å². The van der Waals surface area contributed by atoms with Crippen molar-refractivity contribution in [1.29, 1.82) is 0 Å². The Morgan fingerprint density at radius 1 is 1.36 bits per heavy atom. The number of non-ortho nitro benzene ring substituents is 1. The minimum Gasteiger partial charge on any atom is -0.495 e. The summed E-state index contributed by atoms with van der Waals surface area (Å²) in [4.78, 5) is 35.5. The number of anilines is 1. The molecule has 1 aromatic heterocycles. The Morgan fingerprint density at radius 2 is 2.09 bits per heavy atom. The lowest BCUT2D eigenvalue weighted by molar-refractivity contribution is -0.384. The summed E-state index contributed by atoms with van der Waals surface area (Å²) in [5, 5.41) is 22.4. The van der Waals surface area contributed by atoms with Crippen LogP contribution >= 0.6 is 0 Å². The first-order valence-corrected chi connectivity index (χ1v) is 5.98. The quantitative estimate of drug-likeness (QED) is 0.574. The van der Waals surface area contributed by atoms with Crippen molar-refractivity contribution in [1.82, 2.24) is 4.98 Å². The molecule has 0 saturated carbocycles. The van der Waals surface area contributed by atoms with Gasteiger partial charge in [-0.05, 0) is 6.07 Å². The van der Waals surface area contributed by atoms with Crippen molar-refractivity contribution in [2.45, 2.75) is 0 Å². The Kier molecular flexibility index (Phi) is 4.07. The van der Waals surface area contributed by atoms with Gasteiger partial charge in [0.15, 0.2) is 5.88 Å². The predicted molar refractivity (Wildman–Crippen MR) is 76.3 cm³/mol. The Labute approximate surface area is 123 Å². The van der Waals surface area contributed by atoms with E-state index in [9.17, 15) is 24.8 Å². The van der Waals surface area contributed by atoms with Crippen molar-refractivity contribution in [2.24, 2.45) is 0 Å². The number of amides is 1. The van der Waals surface area contributed by atoms with E-state index in [-0.39, 0.29) is 22.7 Å². The number of carbonyl (C=O) groups is 1. The van der Waals surface area contributed by atoms with Gasteiger partial charge in [-0.3, -0.25) is 24.7 Å². The average molecular weight is 305 g/mol. The van der Waals surface area contributed by atoms with Crippen LogP contribution in [0.5, 0.6) is 11.6 Å². The highest BCUT2D eigenvalue weighted by atomic mass is 16.6. The molecule has 0 unspecified atom stereocenters. The highest BCUT2D eigenvalue weighted by molar-refractivity contribution is 6.05. The molecule has 22 heavy (non-hydrogen) atoms. The maximum atomic E-state index is 12.1. The van der Waals surface area contributed by atoms with Gasteiger partial charge < -0.3 is 15.2 Å². The number of nitrogens with zero attached hydrogens (tertiary/aromatic N) is 1. The van der Waals surface area contributed by atoms with Crippen LogP contribution in [0.25, 0.3) is 0 Å². The Bertz CT molecular complexity index is 799. The van der Waals surface area contributed by atoms with E-state index in [0.29, 0.717) is 0 Å². The van der Waals surface area contributed by atoms with Crippen LogP contribution in [0.1, 0.15) is 10.4 Å². The molecule has 0 atom stereocenters. The first kappa shape index (κ1) is 15.0. The molecule has 1 aromatic carbocycles. The molecule has 0 saturated heterocycles. The standard InChI is InChI=1S/C13H11N3O6/c1-22-10-3-2-8(16(20)21)6-9(10)14-13(19)7-4-11(17)15-12(18)5-7/h2-6H,1H3,(H,14,19)(H2,15,17,18). The van der Waals surface area contributed by atoms with Crippen molar-refractivity contribution in [3.63, 3.8) is 0 Å². The van der Waals surface area contributed by atoms with E-state index >= 15 is 0 Å². The molecule has 2 aromatic rings. The number of aromatic hydroxyl groups is 1. The zero-order chi connectivity index (χ0) is 16.3. The fourth-order valence-electron chi connectivity index (χ4n) is 1.76. The summed E-state index contributed by atoms with van der Waals surface area (Å²) in [6, 6.07) is 5.74. The van der Waals surface area contributed by atoms with Gasteiger partial charge in [0.1, 0.15) is 5.75 Å². The van der Waals surface area contributed by atoms with Crippen molar-refractivity contribution in [2.75, 3.05) is 12.4 Å². The van der Waals surface area contributed by atoms with Gasteiger partial charge in [0, 0.05) is 24.3 Å². The number of carbonyl (C=O) groups excluding carboxylic acids is 1. The zero-order valence-corrected chi connectivity index (χ0v) is 11.3. The first-order valence-electron chi connectivity index (χ1n) is 5.98. The largest absolute Gasteiger partial charge is 0.495 e. The molecular weight excluding hydrogens is 294 g/mol. The van der Waals surface area contributed by atoms with E-state index in [1.807, 2.05) is 0 Å². The van der Waals surface area contributed by atoms with Crippen LogP contribution in [0.3, 0.4) is 0 Å². The van der Waals surface area contributed by atoms with Crippen molar-refractivity contribution in [3.8, 4) is 11.6 Å². The number of pyridine rings is 1. The Morgan fingerprint density at radius 3 is 2.68 bits per heavy atom. The van der Waals surface area contributed by atoms with Gasteiger partial charge in [0.05, 0.1) is 23.3 Å². The summed E-state index contributed by atoms with van der Waals surface area (Å²) in [5.74, 6) is -0.975. The number of nitro groups is 1. The first-order chi connectivity index (χ1) is 10.4. The van der Waals surface area contributed by atoms with E-state index in [2.05, 4.69) is 10.3 Å². The fourth-order valence-corrected chi connectivity index (χ4v) is 1.76. The minimum atomic E-state index is -0.722. The number of nitro benzene ring substituents is 1. The van der Waals surface area contributed by atoms with Crippen LogP contribution in [-0.4, -0.2) is 28.0 Å².